The van der Waals surface area contributed by atoms with Gasteiger partial charge in [-0.05, 0) is 96.3 Å². The highest BCUT2D eigenvalue weighted by Gasteiger charge is 2.19. The molecule has 0 saturated heterocycles. The lowest BCUT2D eigenvalue weighted by Gasteiger charge is -2.18. The first-order valence-corrected chi connectivity index (χ1v) is 24.4. The third-order valence-electron chi connectivity index (χ3n) is 9.77. The molecule has 6 heteroatoms. The molecule has 0 amide bonds. The molecule has 61 heavy (non-hydrogen) atoms. The lowest BCUT2D eigenvalue weighted by molar-refractivity contribution is -0.167. The number of carbonyl (C=O) groups excluding carboxylic acids is 3. The Morgan fingerprint density at radius 2 is 0.656 bits per heavy atom. The first kappa shape index (κ1) is 57.1. The Hall–Kier alpha value is -3.93. The second kappa shape index (κ2) is 48.7. The SMILES string of the molecule is CC/C=C\C/C=C\C/C=C\C/C=C\C/C=C\CCCC(=O)O[C@H](COC(=O)CCCC/C=C\C/C=C\C/C=C\C/C=C\CC)COC(=O)CCCCCCCCCCCCC. The Kier molecular flexibility index (Phi) is 45.6. The minimum absolute atomic E-state index is 0.115. The highest BCUT2D eigenvalue weighted by atomic mass is 16.6. The molecule has 0 aliphatic heterocycles. The largest absolute Gasteiger partial charge is 0.462 e. The quantitative estimate of drug-likeness (QED) is 0.0264. The fourth-order valence-corrected chi connectivity index (χ4v) is 6.17. The molecule has 344 valence electrons. The maximum atomic E-state index is 12.7. The van der Waals surface area contributed by atoms with Gasteiger partial charge in [-0.15, -0.1) is 0 Å². The van der Waals surface area contributed by atoms with Gasteiger partial charge in [0.25, 0.3) is 0 Å². The van der Waals surface area contributed by atoms with E-state index in [1.54, 1.807) is 0 Å². The van der Waals surface area contributed by atoms with Gasteiger partial charge in [-0.1, -0.05) is 194 Å². The van der Waals surface area contributed by atoms with Gasteiger partial charge in [0.15, 0.2) is 6.10 Å². The first-order valence-electron chi connectivity index (χ1n) is 24.4. The molecule has 0 heterocycles. The van der Waals surface area contributed by atoms with Crippen LogP contribution in [0.25, 0.3) is 0 Å². The van der Waals surface area contributed by atoms with Gasteiger partial charge >= 0.3 is 17.9 Å². The van der Waals surface area contributed by atoms with E-state index in [1.807, 2.05) is 0 Å². The number of hydrogen-bond acceptors (Lipinski definition) is 6. The summed E-state index contributed by atoms with van der Waals surface area (Å²) in [7, 11) is 0. The molecule has 0 radical (unpaired) electrons. The Bertz CT molecular complexity index is 1290. The minimum atomic E-state index is -0.823. The van der Waals surface area contributed by atoms with Gasteiger partial charge in [0.2, 0.25) is 0 Å². The first-order chi connectivity index (χ1) is 30.0. The van der Waals surface area contributed by atoms with E-state index in [-0.39, 0.29) is 37.5 Å². The van der Waals surface area contributed by atoms with Gasteiger partial charge in [-0.3, -0.25) is 14.4 Å². The topological polar surface area (TPSA) is 78.9 Å². The summed E-state index contributed by atoms with van der Waals surface area (Å²) >= 11 is 0. The van der Waals surface area contributed by atoms with E-state index in [2.05, 4.69) is 130 Å². The second-order valence-electron chi connectivity index (χ2n) is 15.6. The average molecular weight is 845 g/mol. The van der Waals surface area contributed by atoms with Crippen molar-refractivity contribution in [2.45, 2.75) is 207 Å². The van der Waals surface area contributed by atoms with Crippen LogP contribution in [0.2, 0.25) is 0 Å². The zero-order valence-electron chi connectivity index (χ0n) is 39.1. The van der Waals surface area contributed by atoms with Gasteiger partial charge in [0.1, 0.15) is 13.2 Å². The molecular formula is C55H88O6. The molecule has 0 saturated carbocycles. The zero-order valence-corrected chi connectivity index (χ0v) is 39.1. The van der Waals surface area contributed by atoms with Crippen LogP contribution in [0.5, 0.6) is 0 Å². The monoisotopic (exact) mass is 845 g/mol. The zero-order chi connectivity index (χ0) is 44.4. The molecule has 6 nitrogen and oxygen atoms in total. The predicted molar refractivity (Wildman–Crippen MR) is 260 cm³/mol. The lowest BCUT2D eigenvalue weighted by Crippen LogP contribution is -2.30. The van der Waals surface area contributed by atoms with Gasteiger partial charge in [-0.25, -0.2) is 0 Å². The summed E-state index contributed by atoms with van der Waals surface area (Å²) in [6, 6.07) is 0. The van der Waals surface area contributed by atoms with Gasteiger partial charge in [0, 0.05) is 19.3 Å². The smallest absolute Gasteiger partial charge is 0.306 e. The molecule has 0 fully saturated rings. The fraction of sp³-hybridized carbons (Fsp3) is 0.618. The number of allylic oxidation sites excluding steroid dienone is 18. The molecule has 0 bridgehead atoms. The van der Waals surface area contributed by atoms with Crippen molar-refractivity contribution in [3.63, 3.8) is 0 Å². The third kappa shape index (κ3) is 47.0. The van der Waals surface area contributed by atoms with Crippen LogP contribution in [0, 0.1) is 0 Å². The van der Waals surface area contributed by atoms with Crippen LogP contribution >= 0.6 is 0 Å². The summed E-state index contributed by atoms with van der Waals surface area (Å²) in [5.74, 6) is -1.03. The number of carbonyl (C=O) groups is 3. The van der Waals surface area contributed by atoms with E-state index < -0.39 is 6.10 Å². The van der Waals surface area contributed by atoms with Crippen LogP contribution in [0.15, 0.2) is 109 Å². The third-order valence-corrected chi connectivity index (χ3v) is 9.77. The summed E-state index contributed by atoms with van der Waals surface area (Å²) in [5, 5.41) is 0. The molecule has 0 spiro atoms. The van der Waals surface area contributed by atoms with Gasteiger partial charge in [0.05, 0.1) is 0 Å². The molecule has 0 aliphatic carbocycles. The molecule has 0 aromatic heterocycles. The fourth-order valence-electron chi connectivity index (χ4n) is 6.17. The molecule has 0 aromatic carbocycles. The maximum absolute atomic E-state index is 12.7. The average Bonchev–Trinajstić information content (AvgIpc) is 3.26. The van der Waals surface area contributed by atoms with Crippen molar-refractivity contribution in [1.29, 1.82) is 0 Å². The summed E-state index contributed by atoms with van der Waals surface area (Å²) < 4.78 is 16.7. The highest BCUT2D eigenvalue weighted by molar-refractivity contribution is 5.71. The summed E-state index contributed by atoms with van der Waals surface area (Å²) in [6.07, 6.45) is 65.1. The van der Waals surface area contributed by atoms with Crippen LogP contribution < -0.4 is 0 Å². The van der Waals surface area contributed by atoms with Gasteiger partial charge < -0.3 is 14.2 Å². The number of esters is 3. The van der Waals surface area contributed by atoms with Crippen LogP contribution in [0.4, 0.5) is 0 Å². The van der Waals surface area contributed by atoms with Crippen molar-refractivity contribution < 1.29 is 28.6 Å². The van der Waals surface area contributed by atoms with E-state index >= 15 is 0 Å². The summed E-state index contributed by atoms with van der Waals surface area (Å²) in [4.78, 5) is 37.8. The molecule has 0 aromatic rings. The Morgan fingerprint density at radius 1 is 0.344 bits per heavy atom. The molecule has 0 aliphatic rings. The number of ether oxygens (including phenoxy) is 3. The van der Waals surface area contributed by atoms with E-state index in [0.29, 0.717) is 25.7 Å². The van der Waals surface area contributed by atoms with E-state index in [1.165, 1.54) is 51.4 Å². The predicted octanol–water partition coefficient (Wildman–Crippen LogP) is 16.0. The van der Waals surface area contributed by atoms with E-state index in [9.17, 15) is 14.4 Å². The van der Waals surface area contributed by atoms with Gasteiger partial charge in [-0.2, -0.15) is 0 Å². The number of rotatable bonds is 42. The second-order valence-corrected chi connectivity index (χ2v) is 15.6. The van der Waals surface area contributed by atoms with E-state index in [4.69, 9.17) is 14.2 Å². The molecular weight excluding hydrogens is 757 g/mol. The van der Waals surface area contributed by atoms with E-state index in [0.717, 1.165) is 96.3 Å². The minimum Gasteiger partial charge on any atom is -0.462 e. The Morgan fingerprint density at radius 3 is 1.05 bits per heavy atom. The number of unbranched alkanes of at least 4 members (excludes halogenated alkanes) is 13. The highest BCUT2D eigenvalue weighted by Crippen LogP contribution is 2.13. The van der Waals surface area contributed by atoms with Crippen molar-refractivity contribution in [3.8, 4) is 0 Å². The van der Waals surface area contributed by atoms with Crippen LogP contribution in [-0.2, 0) is 28.6 Å². The van der Waals surface area contributed by atoms with Crippen molar-refractivity contribution in [1.82, 2.24) is 0 Å². The molecule has 0 unspecified atom stereocenters. The summed E-state index contributed by atoms with van der Waals surface area (Å²) in [6.45, 7) is 6.29. The van der Waals surface area contributed by atoms with Crippen molar-refractivity contribution in [3.05, 3.63) is 109 Å². The Balaban J connectivity index is 4.56. The van der Waals surface area contributed by atoms with Crippen LogP contribution in [0.1, 0.15) is 201 Å². The molecule has 1 atom stereocenters. The van der Waals surface area contributed by atoms with Crippen molar-refractivity contribution >= 4 is 17.9 Å². The number of hydrogen-bond donors (Lipinski definition) is 0. The standard InChI is InChI=1S/C55H88O6/c1-4-7-10-13-16-19-22-24-26-27-29-31-34-37-40-43-46-49-55(58)61-52(50-59-53(56)47-44-41-38-35-32-21-18-15-12-9-6-3)51-60-54(57)48-45-42-39-36-33-30-28-25-23-20-17-14-11-8-5-2/h7-8,10-11,16-17,19-20,24-26,28-29,31,33,36-37,40,52H,4-6,9,12-15,18,21-23,27,30,32,34-35,38-39,41-51H2,1-3H3/b10-7-,11-8-,19-16-,20-17-,26-24-,28-25-,31-29-,36-33-,40-37-/t52-/m0/s1. The summed E-state index contributed by atoms with van der Waals surface area (Å²) in [5.41, 5.74) is 0. The van der Waals surface area contributed by atoms with Crippen LogP contribution in [-0.4, -0.2) is 37.2 Å². The van der Waals surface area contributed by atoms with Crippen LogP contribution in [0.3, 0.4) is 0 Å². The molecule has 0 rings (SSSR count). The maximum Gasteiger partial charge on any atom is 0.306 e. The lowest BCUT2D eigenvalue weighted by atomic mass is 10.1. The van der Waals surface area contributed by atoms with Crippen molar-refractivity contribution in [2.75, 3.05) is 13.2 Å². The normalized spacial score (nSPS) is 13.0. The van der Waals surface area contributed by atoms with Crippen molar-refractivity contribution in [2.24, 2.45) is 0 Å². The molecule has 0 N–H and O–H groups in total. The Labute approximate surface area is 374 Å².